The van der Waals surface area contributed by atoms with Crippen molar-refractivity contribution >= 4 is 22.2 Å². The lowest BCUT2D eigenvalue weighted by Crippen LogP contribution is -2.07. The van der Waals surface area contributed by atoms with Gasteiger partial charge in [0.15, 0.2) is 11.5 Å². The van der Waals surface area contributed by atoms with Gasteiger partial charge in [0, 0.05) is 38.2 Å². The number of nitrogens with zero attached hydrogens (tertiary/aromatic N) is 3. The Morgan fingerprint density at radius 1 is 1.08 bits per heavy atom. The van der Waals surface area contributed by atoms with Gasteiger partial charge in [0.05, 0.1) is 11.9 Å². The summed E-state index contributed by atoms with van der Waals surface area (Å²) in [6.07, 6.45) is 6.59. The van der Waals surface area contributed by atoms with E-state index < -0.39 is 0 Å². The molecule has 2 aromatic carbocycles. The minimum absolute atomic E-state index is 0.729. The molecular weight excluding hydrogens is 312 g/mol. The van der Waals surface area contributed by atoms with E-state index in [-0.39, 0.29) is 0 Å². The van der Waals surface area contributed by atoms with Gasteiger partial charge in [-0.3, -0.25) is 4.40 Å². The number of benzene rings is 2. The molecule has 0 aliphatic carbocycles. The van der Waals surface area contributed by atoms with Crippen molar-refractivity contribution in [2.75, 3.05) is 25.6 Å². The summed E-state index contributed by atoms with van der Waals surface area (Å²) in [7, 11) is 1.71. The third-order valence-corrected chi connectivity index (χ3v) is 4.29. The molecule has 0 aliphatic rings. The van der Waals surface area contributed by atoms with Gasteiger partial charge in [-0.15, -0.1) is 0 Å². The van der Waals surface area contributed by atoms with Crippen molar-refractivity contribution in [3.8, 4) is 11.3 Å². The van der Waals surface area contributed by atoms with Crippen molar-refractivity contribution in [3.63, 3.8) is 0 Å². The van der Waals surface area contributed by atoms with Gasteiger partial charge in [-0.2, -0.15) is 0 Å². The normalized spacial score (nSPS) is 11.2. The van der Waals surface area contributed by atoms with Crippen LogP contribution in [0.5, 0.6) is 0 Å². The van der Waals surface area contributed by atoms with Crippen LogP contribution in [0.15, 0.2) is 61.1 Å². The number of hydrogen-bond acceptors (Lipinski definition) is 4. The minimum atomic E-state index is 0.729. The first-order valence-corrected chi connectivity index (χ1v) is 8.41. The Kier molecular flexibility index (Phi) is 4.31. The van der Waals surface area contributed by atoms with E-state index in [1.165, 1.54) is 10.8 Å². The van der Waals surface area contributed by atoms with E-state index in [1.54, 1.807) is 13.3 Å². The molecule has 2 heterocycles. The molecule has 0 saturated heterocycles. The molecular formula is C20H20N4O. The molecule has 0 amide bonds. The third kappa shape index (κ3) is 3.06. The first-order valence-electron chi connectivity index (χ1n) is 8.41. The molecule has 0 spiro atoms. The van der Waals surface area contributed by atoms with Crippen LogP contribution in [-0.4, -0.2) is 34.6 Å². The molecule has 0 atom stereocenters. The van der Waals surface area contributed by atoms with Gasteiger partial charge < -0.3 is 10.1 Å². The molecule has 2 aromatic heterocycles. The van der Waals surface area contributed by atoms with Crippen LogP contribution in [0.3, 0.4) is 0 Å². The fraction of sp³-hybridized carbons (Fsp3) is 0.200. The highest BCUT2D eigenvalue weighted by Gasteiger charge is 2.10. The molecule has 0 unspecified atom stereocenters. The summed E-state index contributed by atoms with van der Waals surface area (Å²) in [4.78, 5) is 9.01. The lowest BCUT2D eigenvalue weighted by atomic mass is 10.1. The maximum absolute atomic E-state index is 5.08. The van der Waals surface area contributed by atoms with Crippen LogP contribution in [-0.2, 0) is 4.74 Å². The molecule has 5 nitrogen and oxygen atoms in total. The lowest BCUT2D eigenvalue weighted by molar-refractivity contribution is 0.198. The molecule has 0 bridgehead atoms. The number of hydrogen-bond donors (Lipinski definition) is 1. The highest BCUT2D eigenvalue weighted by molar-refractivity contribution is 5.87. The number of rotatable bonds is 6. The zero-order valence-corrected chi connectivity index (χ0v) is 14.1. The van der Waals surface area contributed by atoms with E-state index in [4.69, 9.17) is 4.74 Å². The van der Waals surface area contributed by atoms with Crippen LogP contribution in [0.2, 0.25) is 0 Å². The second-order valence-corrected chi connectivity index (χ2v) is 5.95. The van der Waals surface area contributed by atoms with Crippen molar-refractivity contribution in [3.05, 3.63) is 61.1 Å². The third-order valence-electron chi connectivity index (χ3n) is 4.29. The van der Waals surface area contributed by atoms with Gasteiger partial charge >= 0.3 is 0 Å². The smallest absolute Gasteiger partial charge is 0.180 e. The maximum Gasteiger partial charge on any atom is 0.180 e. The average Bonchev–Trinajstić information content (AvgIpc) is 3.10. The number of aromatic nitrogens is 3. The SMILES string of the molecule is COCCCNc1nccn2c(-c3ccc4ccccc4c3)cnc12. The monoisotopic (exact) mass is 332 g/mol. The summed E-state index contributed by atoms with van der Waals surface area (Å²) < 4.78 is 7.16. The molecule has 126 valence electrons. The molecule has 4 rings (SSSR count). The fourth-order valence-corrected chi connectivity index (χ4v) is 3.03. The van der Waals surface area contributed by atoms with E-state index in [9.17, 15) is 0 Å². The van der Waals surface area contributed by atoms with Crippen molar-refractivity contribution < 1.29 is 4.74 Å². The zero-order chi connectivity index (χ0) is 17.1. The zero-order valence-electron chi connectivity index (χ0n) is 14.1. The van der Waals surface area contributed by atoms with E-state index in [0.29, 0.717) is 0 Å². The van der Waals surface area contributed by atoms with Crippen LogP contribution in [0.25, 0.3) is 27.7 Å². The van der Waals surface area contributed by atoms with Crippen LogP contribution < -0.4 is 5.32 Å². The predicted molar refractivity (Wildman–Crippen MR) is 101 cm³/mol. The van der Waals surface area contributed by atoms with Gasteiger partial charge in [0.2, 0.25) is 0 Å². The first kappa shape index (κ1) is 15.6. The highest BCUT2D eigenvalue weighted by atomic mass is 16.5. The maximum atomic E-state index is 5.08. The van der Waals surface area contributed by atoms with Crippen molar-refractivity contribution in [2.45, 2.75) is 6.42 Å². The first-order chi connectivity index (χ1) is 12.4. The van der Waals surface area contributed by atoms with Crippen LogP contribution in [0.1, 0.15) is 6.42 Å². The fourth-order valence-electron chi connectivity index (χ4n) is 3.03. The standard InChI is InChI=1S/C20H20N4O/c1-25-12-4-9-21-19-20-23-14-18(24(20)11-10-22-19)17-8-7-15-5-2-3-6-16(15)13-17/h2-3,5-8,10-11,13-14H,4,9,12H2,1H3,(H,21,22). The quantitative estimate of drug-likeness (QED) is 0.542. The average molecular weight is 332 g/mol. The Balaban J connectivity index is 1.70. The van der Waals surface area contributed by atoms with E-state index in [1.807, 2.05) is 12.4 Å². The Labute approximate surface area is 146 Å². The van der Waals surface area contributed by atoms with Crippen molar-refractivity contribution in [1.82, 2.24) is 14.4 Å². The van der Waals surface area contributed by atoms with Gasteiger partial charge in [-0.05, 0) is 23.3 Å². The molecule has 1 N–H and O–H groups in total. The summed E-state index contributed by atoms with van der Waals surface area (Å²) in [6, 6.07) is 14.9. The van der Waals surface area contributed by atoms with Gasteiger partial charge in [-0.25, -0.2) is 9.97 Å². The number of fused-ring (bicyclic) bond motifs is 2. The van der Waals surface area contributed by atoms with Crippen LogP contribution in [0, 0.1) is 0 Å². The van der Waals surface area contributed by atoms with Gasteiger partial charge in [0.1, 0.15) is 0 Å². The predicted octanol–water partition coefficient (Wildman–Crippen LogP) is 4.00. The van der Waals surface area contributed by atoms with Crippen molar-refractivity contribution in [2.24, 2.45) is 0 Å². The number of nitrogens with one attached hydrogen (secondary N) is 1. The highest BCUT2D eigenvalue weighted by Crippen LogP contribution is 2.26. The Hall–Kier alpha value is -2.92. The summed E-state index contributed by atoms with van der Waals surface area (Å²) in [5.74, 6) is 0.797. The molecule has 0 aliphatic heterocycles. The number of ether oxygens (including phenoxy) is 1. The summed E-state index contributed by atoms with van der Waals surface area (Å²) in [5, 5.41) is 5.80. The molecule has 0 fully saturated rings. The van der Waals surface area contributed by atoms with Crippen LogP contribution >= 0.6 is 0 Å². The topological polar surface area (TPSA) is 51.5 Å². The second-order valence-electron chi connectivity index (χ2n) is 5.95. The largest absolute Gasteiger partial charge is 0.385 e. The Morgan fingerprint density at radius 2 is 1.96 bits per heavy atom. The number of imidazole rings is 1. The Morgan fingerprint density at radius 3 is 2.84 bits per heavy atom. The Bertz CT molecular complexity index is 1010. The lowest BCUT2D eigenvalue weighted by Gasteiger charge is -2.08. The van der Waals surface area contributed by atoms with E-state index in [0.717, 1.165) is 42.3 Å². The second kappa shape index (κ2) is 6.91. The van der Waals surface area contributed by atoms with E-state index in [2.05, 4.69) is 62.2 Å². The number of anilines is 1. The molecule has 0 saturated carbocycles. The van der Waals surface area contributed by atoms with Crippen molar-refractivity contribution in [1.29, 1.82) is 0 Å². The minimum Gasteiger partial charge on any atom is -0.385 e. The van der Waals surface area contributed by atoms with Crippen LogP contribution in [0.4, 0.5) is 5.82 Å². The molecule has 4 aromatic rings. The number of methoxy groups -OCH3 is 1. The van der Waals surface area contributed by atoms with Gasteiger partial charge in [0.25, 0.3) is 0 Å². The summed E-state index contributed by atoms with van der Waals surface area (Å²) in [6.45, 7) is 1.53. The van der Waals surface area contributed by atoms with E-state index >= 15 is 0 Å². The summed E-state index contributed by atoms with van der Waals surface area (Å²) in [5.41, 5.74) is 3.04. The molecule has 5 heteroatoms. The molecule has 0 radical (unpaired) electrons. The molecule has 25 heavy (non-hydrogen) atoms. The summed E-state index contributed by atoms with van der Waals surface area (Å²) >= 11 is 0. The van der Waals surface area contributed by atoms with Gasteiger partial charge in [-0.1, -0.05) is 36.4 Å².